The number of aryl methyl sites for hydroxylation is 1. The monoisotopic (exact) mass is 323 g/mol. The minimum atomic E-state index is 0.591. The van der Waals surface area contributed by atoms with Crippen LogP contribution in [0.5, 0.6) is 11.5 Å². The highest BCUT2D eigenvalue weighted by molar-refractivity contribution is 9.10. The average Bonchev–Trinajstić information content (AvgIpc) is 2.82. The van der Waals surface area contributed by atoms with E-state index in [1.807, 2.05) is 29.9 Å². The van der Waals surface area contributed by atoms with Gasteiger partial charge in [-0.15, -0.1) is 0 Å². The molecule has 0 aliphatic carbocycles. The molecule has 0 radical (unpaired) electrons. The maximum atomic E-state index is 5.57. The second kappa shape index (κ2) is 5.13. The molecule has 2 aromatic rings. The second-order valence-electron chi connectivity index (χ2n) is 4.28. The number of imidazole rings is 1. The van der Waals surface area contributed by atoms with Gasteiger partial charge >= 0.3 is 0 Å². The first-order valence-corrected chi connectivity index (χ1v) is 6.82. The van der Waals surface area contributed by atoms with E-state index in [9.17, 15) is 0 Å². The van der Waals surface area contributed by atoms with Gasteiger partial charge in [0.25, 0.3) is 0 Å². The molecule has 0 fully saturated rings. The number of fused-ring (bicyclic) bond motifs is 1. The summed E-state index contributed by atoms with van der Waals surface area (Å²) in [6.07, 6.45) is 3.71. The molecule has 0 amide bonds. The van der Waals surface area contributed by atoms with Gasteiger partial charge in [0.1, 0.15) is 19.0 Å². The lowest BCUT2D eigenvalue weighted by Crippen LogP contribution is -2.15. The third-order valence-electron chi connectivity index (χ3n) is 2.99. The van der Waals surface area contributed by atoms with Crippen molar-refractivity contribution in [3.63, 3.8) is 0 Å². The summed E-state index contributed by atoms with van der Waals surface area (Å²) in [5.74, 6) is 2.53. The summed E-state index contributed by atoms with van der Waals surface area (Å²) in [4.78, 5) is 4.28. The van der Waals surface area contributed by atoms with Crippen LogP contribution < -0.4 is 14.8 Å². The Morgan fingerprint density at radius 3 is 2.74 bits per heavy atom. The van der Waals surface area contributed by atoms with E-state index in [1.54, 1.807) is 6.20 Å². The second-order valence-corrected chi connectivity index (χ2v) is 5.14. The summed E-state index contributed by atoms with van der Waals surface area (Å²) < 4.78 is 14.0. The molecule has 3 rings (SSSR count). The number of aromatic nitrogens is 2. The fraction of sp³-hybridized carbons (Fsp3) is 0.308. The number of hydrogen-bond donors (Lipinski definition) is 1. The Labute approximate surface area is 119 Å². The van der Waals surface area contributed by atoms with E-state index < -0.39 is 0 Å². The Balaban J connectivity index is 1.79. The van der Waals surface area contributed by atoms with Crippen LogP contribution in [0, 0.1) is 0 Å². The van der Waals surface area contributed by atoms with Crippen LogP contribution in [0.3, 0.4) is 0 Å². The van der Waals surface area contributed by atoms with E-state index in [4.69, 9.17) is 9.47 Å². The maximum absolute atomic E-state index is 5.57. The molecule has 0 unspecified atom stereocenters. The molecule has 6 heteroatoms. The normalized spacial score (nSPS) is 13.4. The lowest BCUT2D eigenvalue weighted by Gasteiger charge is -2.20. The smallest absolute Gasteiger partial charge is 0.163 e. The largest absolute Gasteiger partial charge is 0.486 e. The fourth-order valence-corrected chi connectivity index (χ4v) is 2.40. The molecule has 19 heavy (non-hydrogen) atoms. The number of nitrogens with zero attached hydrogens (tertiary/aromatic N) is 2. The maximum Gasteiger partial charge on any atom is 0.163 e. The van der Waals surface area contributed by atoms with Gasteiger partial charge in [0.05, 0.1) is 12.2 Å². The van der Waals surface area contributed by atoms with Crippen molar-refractivity contribution >= 4 is 21.6 Å². The average molecular weight is 324 g/mol. The molecule has 2 heterocycles. The molecular formula is C13H14BrN3O2. The van der Waals surface area contributed by atoms with E-state index >= 15 is 0 Å². The lowest BCUT2D eigenvalue weighted by atomic mass is 10.2. The molecule has 0 spiro atoms. The van der Waals surface area contributed by atoms with Crippen molar-refractivity contribution in [3.05, 3.63) is 34.8 Å². The first-order chi connectivity index (χ1) is 9.24. The van der Waals surface area contributed by atoms with Gasteiger partial charge < -0.3 is 19.4 Å². The van der Waals surface area contributed by atoms with E-state index in [0.717, 1.165) is 27.5 Å². The highest BCUT2D eigenvalue weighted by Crippen LogP contribution is 2.38. The summed E-state index contributed by atoms with van der Waals surface area (Å²) >= 11 is 3.53. The molecule has 0 bridgehead atoms. The minimum Gasteiger partial charge on any atom is -0.486 e. The van der Waals surface area contributed by atoms with E-state index in [1.165, 1.54) is 0 Å². The number of anilines is 1. The van der Waals surface area contributed by atoms with Crippen LogP contribution in [0.15, 0.2) is 29.0 Å². The van der Waals surface area contributed by atoms with Crippen molar-refractivity contribution in [2.75, 3.05) is 18.5 Å². The highest BCUT2D eigenvalue weighted by Gasteiger charge is 2.14. The van der Waals surface area contributed by atoms with E-state index in [-0.39, 0.29) is 0 Å². The molecule has 1 aliphatic rings. The van der Waals surface area contributed by atoms with Gasteiger partial charge in [0.2, 0.25) is 0 Å². The van der Waals surface area contributed by atoms with Crippen LogP contribution in [0.4, 0.5) is 5.69 Å². The molecule has 1 aromatic heterocycles. The fourth-order valence-electron chi connectivity index (χ4n) is 1.94. The highest BCUT2D eigenvalue weighted by atomic mass is 79.9. The number of halogens is 1. The zero-order valence-corrected chi connectivity index (χ0v) is 12.1. The van der Waals surface area contributed by atoms with Crippen LogP contribution in [-0.2, 0) is 13.6 Å². The molecule has 100 valence electrons. The first-order valence-electron chi connectivity index (χ1n) is 6.03. The predicted molar refractivity (Wildman–Crippen MR) is 75.7 cm³/mol. The van der Waals surface area contributed by atoms with Gasteiger partial charge in [-0.2, -0.15) is 0 Å². The molecule has 1 N–H and O–H groups in total. The molecule has 0 saturated carbocycles. The van der Waals surface area contributed by atoms with E-state index in [0.29, 0.717) is 19.8 Å². The first kappa shape index (κ1) is 12.3. The van der Waals surface area contributed by atoms with Gasteiger partial charge in [-0.05, 0) is 15.9 Å². The van der Waals surface area contributed by atoms with Crippen molar-refractivity contribution in [1.29, 1.82) is 0 Å². The molecule has 1 aromatic carbocycles. The van der Waals surface area contributed by atoms with Crippen molar-refractivity contribution < 1.29 is 9.47 Å². The van der Waals surface area contributed by atoms with Gasteiger partial charge in [0.15, 0.2) is 11.5 Å². The van der Waals surface area contributed by atoms with Crippen LogP contribution in [0.25, 0.3) is 0 Å². The van der Waals surface area contributed by atoms with Gasteiger partial charge in [-0.1, -0.05) is 0 Å². The summed E-state index contributed by atoms with van der Waals surface area (Å²) in [6.45, 7) is 1.84. The van der Waals surface area contributed by atoms with Crippen molar-refractivity contribution in [1.82, 2.24) is 9.55 Å². The van der Waals surface area contributed by atoms with Gasteiger partial charge in [0, 0.05) is 36.0 Å². The molecule has 0 atom stereocenters. The quantitative estimate of drug-likeness (QED) is 0.943. The topological polar surface area (TPSA) is 48.3 Å². The van der Waals surface area contributed by atoms with Crippen LogP contribution in [0.2, 0.25) is 0 Å². The Morgan fingerprint density at radius 2 is 2.05 bits per heavy atom. The minimum absolute atomic E-state index is 0.591. The summed E-state index contributed by atoms with van der Waals surface area (Å²) in [7, 11) is 1.98. The van der Waals surface area contributed by atoms with Crippen LogP contribution in [0.1, 0.15) is 5.82 Å². The van der Waals surface area contributed by atoms with Gasteiger partial charge in [-0.25, -0.2) is 4.98 Å². The zero-order valence-electron chi connectivity index (χ0n) is 10.5. The van der Waals surface area contributed by atoms with Crippen molar-refractivity contribution in [3.8, 4) is 11.5 Å². The molecular weight excluding hydrogens is 310 g/mol. The third kappa shape index (κ3) is 2.53. The van der Waals surface area contributed by atoms with E-state index in [2.05, 4.69) is 26.2 Å². The standard InChI is InChI=1S/C13H14BrN3O2/c1-17-3-2-15-13(17)8-16-10-7-12-11(6-9(10)14)18-4-5-19-12/h2-3,6-7,16H,4-5,8H2,1H3. The van der Waals surface area contributed by atoms with Crippen molar-refractivity contribution in [2.45, 2.75) is 6.54 Å². The molecule has 1 aliphatic heterocycles. The summed E-state index contributed by atoms with van der Waals surface area (Å²) in [6, 6.07) is 3.87. The van der Waals surface area contributed by atoms with Crippen molar-refractivity contribution in [2.24, 2.45) is 7.05 Å². The zero-order chi connectivity index (χ0) is 13.2. The third-order valence-corrected chi connectivity index (χ3v) is 3.65. The number of hydrogen-bond acceptors (Lipinski definition) is 4. The van der Waals surface area contributed by atoms with Gasteiger partial charge in [-0.3, -0.25) is 0 Å². The predicted octanol–water partition coefficient (Wildman–Crippen LogP) is 2.57. The lowest BCUT2D eigenvalue weighted by molar-refractivity contribution is 0.171. The van der Waals surface area contributed by atoms with Crippen LogP contribution >= 0.6 is 15.9 Å². The SMILES string of the molecule is Cn1ccnc1CNc1cc2c(cc1Br)OCCO2. The Hall–Kier alpha value is -1.69. The molecule has 5 nitrogen and oxygen atoms in total. The van der Waals surface area contributed by atoms with Crippen LogP contribution in [-0.4, -0.2) is 22.8 Å². The Morgan fingerprint density at radius 1 is 1.32 bits per heavy atom. The Bertz CT molecular complexity index is 598. The molecule has 0 saturated heterocycles. The number of rotatable bonds is 3. The summed E-state index contributed by atoms with van der Waals surface area (Å²) in [5.41, 5.74) is 0.965. The number of benzene rings is 1. The Kier molecular flexibility index (Phi) is 3.33. The number of ether oxygens (including phenoxy) is 2. The number of nitrogens with one attached hydrogen (secondary N) is 1. The summed E-state index contributed by atoms with van der Waals surface area (Å²) in [5, 5.41) is 3.34.